The first-order valence-electron chi connectivity index (χ1n) is 18.6. The van der Waals surface area contributed by atoms with Gasteiger partial charge in [0, 0.05) is 80.2 Å². The fourth-order valence-electron chi connectivity index (χ4n) is 10.0. The Labute approximate surface area is 304 Å². The Balaban J connectivity index is 1.17. The molecule has 7 heterocycles. The van der Waals surface area contributed by atoms with Gasteiger partial charge >= 0.3 is 6.01 Å². The van der Waals surface area contributed by atoms with E-state index in [0.29, 0.717) is 71.5 Å². The van der Waals surface area contributed by atoms with Crippen LogP contribution >= 0.6 is 0 Å². The Kier molecular flexibility index (Phi) is 7.59. The molecule has 5 aliphatic heterocycles. The van der Waals surface area contributed by atoms with Crippen molar-refractivity contribution in [2.75, 3.05) is 57.4 Å². The lowest BCUT2D eigenvalue weighted by atomic mass is 9.91. The summed E-state index contributed by atoms with van der Waals surface area (Å²) in [6.07, 6.45) is 11.0. The largest absolute Gasteiger partial charge is 0.508 e. The molecular weight excluding hydrogens is 683 g/mol. The van der Waals surface area contributed by atoms with E-state index in [1.165, 1.54) is 24.3 Å². The molecule has 0 unspecified atom stereocenters. The molecule has 53 heavy (non-hydrogen) atoms. The van der Waals surface area contributed by atoms with E-state index < -0.39 is 23.3 Å². The Morgan fingerprint density at radius 3 is 2.64 bits per heavy atom. The van der Waals surface area contributed by atoms with E-state index in [1.807, 2.05) is 6.20 Å². The number of aryl methyl sites for hydroxylation is 1. The normalized spacial score (nSPS) is 26.2. The minimum atomic E-state index is -0.932. The minimum absolute atomic E-state index is 0.0154. The Morgan fingerprint density at radius 1 is 1.08 bits per heavy atom. The first kappa shape index (κ1) is 33.0. The predicted octanol–water partition coefficient (Wildman–Crippen LogP) is 5.56. The topological polar surface area (TPSA) is 92.0 Å². The van der Waals surface area contributed by atoms with Crippen LogP contribution in [0.3, 0.4) is 0 Å². The lowest BCUT2D eigenvalue weighted by Crippen LogP contribution is -2.56. The third-order valence-electron chi connectivity index (χ3n) is 12.4. The van der Waals surface area contributed by atoms with Crippen LogP contribution in [0.5, 0.6) is 11.8 Å². The average Bonchev–Trinajstić information content (AvgIpc) is 3.83. The number of alkyl halides is 1. The van der Waals surface area contributed by atoms with Crippen molar-refractivity contribution >= 4 is 38.4 Å². The summed E-state index contributed by atoms with van der Waals surface area (Å²) in [6.45, 7) is 5.36. The number of phenols is 1. The van der Waals surface area contributed by atoms with Crippen molar-refractivity contribution in [1.82, 2.24) is 29.5 Å². The van der Waals surface area contributed by atoms with E-state index in [-0.39, 0.29) is 46.0 Å². The maximum Gasteiger partial charge on any atom is 0.319 e. The summed E-state index contributed by atoms with van der Waals surface area (Å²) in [5.41, 5.74) is 0.0653. The summed E-state index contributed by atoms with van der Waals surface area (Å²) in [7, 11) is 1.76. The fourth-order valence-corrected chi connectivity index (χ4v) is 10.0. The standard InChI is InChI=1S/C40H40F3N7O3/c1-3-28-31(42)8-5-23-11-27(51)12-29(32(23)28)33-35(43)37-34(30-18-47(2)46-36(30)33)38(48-16-25-6-7-26(17-48)50(25)14-22-19-52-20-22)45-39(44-37)53-21-40-9-4-10-49(40)15-24(41)13-40/h1,5,8,11-12,18,22,24-26,51H,4,6-7,9-10,13-17,19-21H2,2H3/t24-,25-,26+,40+/m1/s1. The predicted molar refractivity (Wildman–Crippen MR) is 195 cm³/mol. The second-order valence-corrected chi connectivity index (χ2v) is 15.7. The molecule has 2 aromatic heterocycles. The van der Waals surface area contributed by atoms with Gasteiger partial charge in [-0.3, -0.25) is 14.5 Å². The van der Waals surface area contributed by atoms with Crippen LogP contribution in [0.2, 0.25) is 0 Å². The molecule has 5 saturated heterocycles. The molecule has 1 N–H and O–H groups in total. The summed E-state index contributed by atoms with van der Waals surface area (Å²) in [4.78, 5) is 16.8. The fraction of sp³-hybridized carbons (Fsp3) is 0.475. The number of phenolic OH excluding ortho intramolecular Hbond substituents is 1. The van der Waals surface area contributed by atoms with Gasteiger partial charge in [0.2, 0.25) is 0 Å². The molecule has 2 bridgehead atoms. The van der Waals surface area contributed by atoms with Crippen LogP contribution in [0.15, 0.2) is 30.5 Å². The van der Waals surface area contributed by atoms with Gasteiger partial charge in [0.05, 0.1) is 29.7 Å². The van der Waals surface area contributed by atoms with E-state index in [1.54, 1.807) is 11.7 Å². The van der Waals surface area contributed by atoms with Gasteiger partial charge in [-0.15, -0.1) is 6.42 Å². The van der Waals surface area contributed by atoms with Crippen LogP contribution in [0.1, 0.15) is 37.7 Å². The Bertz CT molecular complexity index is 2340. The van der Waals surface area contributed by atoms with Gasteiger partial charge in [-0.1, -0.05) is 12.0 Å². The van der Waals surface area contributed by atoms with Gasteiger partial charge in [-0.05, 0) is 61.4 Å². The van der Waals surface area contributed by atoms with E-state index in [2.05, 4.69) is 20.6 Å². The molecule has 4 atom stereocenters. The lowest BCUT2D eigenvalue weighted by Gasteiger charge is -2.44. The summed E-state index contributed by atoms with van der Waals surface area (Å²) in [6, 6.07) is 6.25. The SMILES string of the molecule is C#Cc1c(F)ccc2cc(O)cc(-c3c(F)c4nc(OC[C@@]56CCCN5C[C@H](F)C6)nc(N5C[C@H]6CC[C@@H](C5)N6CC5COC5)c4c4cn(C)nc34)c12. The summed E-state index contributed by atoms with van der Waals surface area (Å²) < 4.78 is 61.2. The molecular formula is C40H40F3N7O3. The molecule has 0 spiro atoms. The molecule has 10 rings (SSSR count). The van der Waals surface area contributed by atoms with Gasteiger partial charge in [0.1, 0.15) is 41.2 Å². The van der Waals surface area contributed by atoms with E-state index in [9.17, 15) is 9.50 Å². The highest BCUT2D eigenvalue weighted by Gasteiger charge is 2.49. The second-order valence-electron chi connectivity index (χ2n) is 15.7. The van der Waals surface area contributed by atoms with Crippen molar-refractivity contribution in [1.29, 1.82) is 0 Å². The molecule has 5 aliphatic rings. The van der Waals surface area contributed by atoms with Crippen LogP contribution in [0.4, 0.5) is 19.0 Å². The van der Waals surface area contributed by atoms with Crippen molar-refractivity contribution in [2.45, 2.75) is 55.9 Å². The zero-order valence-corrected chi connectivity index (χ0v) is 29.5. The van der Waals surface area contributed by atoms with Crippen molar-refractivity contribution in [3.8, 4) is 35.2 Å². The van der Waals surface area contributed by atoms with Crippen LogP contribution in [0, 0.1) is 29.9 Å². The van der Waals surface area contributed by atoms with Crippen molar-refractivity contribution in [3.63, 3.8) is 0 Å². The Morgan fingerprint density at radius 2 is 1.89 bits per heavy atom. The maximum absolute atomic E-state index is 17.7. The monoisotopic (exact) mass is 723 g/mol. The molecule has 10 nitrogen and oxygen atoms in total. The van der Waals surface area contributed by atoms with Crippen molar-refractivity contribution in [2.24, 2.45) is 13.0 Å². The van der Waals surface area contributed by atoms with Gasteiger partial charge in [-0.25, -0.2) is 13.2 Å². The number of piperazine rings is 1. The first-order valence-corrected chi connectivity index (χ1v) is 18.6. The number of aromatic hydroxyl groups is 1. The molecule has 0 radical (unpaired) electrons. The van der Waals surface area contributed by atoms with Crippen molar-refractivity contribution in [3.05, 3.63) is 47.7 Å². The number of benzene rings is 3. The Hall–Kier alpha value is -4.64. The number of rotatable bonds is 7. The van der Waals surface area contributed by atoms with Gasteiger partial charge < -0.3 is 19.5 Å². The number of halogens is 3. The maximum atomic E-state index is 17.7. The summed E-state index contributed by atoms with van der Waals surface area (Å²) in [5.74, 6) is 2.06. The number of nitrogens with zero attached hydrogens (tertiary/aromatic N) is 7. The second kappa shape index (κ2) is 12.2. The summed E-state index contributed by atoms with van der Waals surface area (Å²) in [5, 5.41) is 17.5. The smallest absolute Gasteiger partial charge is 0.319 e. The number of aromatic nitrogens is 4. The van der Waals surface area contributed by atoms with Crippen LogP contribution < -0.4 is 9.64 Å². The number of fused-ring (bicyclic) bond motifs is 7. The molecule has 0 aliphatic carbocycles. The highest BCUT2D eigenvalue weighted by atomic mass is 19.1. The highest BCUT2D eigenvalue weighted by molar-refractivity contribution is 6.18. The molecule has 3 aromatic carbocycles. The number of hydrogen-bond acceptors (Lipinski definition) is 9. The highest BCUT2D eigenvalue weighted by Crippen LogP contribution is 2.46. The minimum Gasteiger partial charge on any atom is -0.508 e. The molecule has 5 fully saturated rings. The van der Waals surface area contributed by atoms with Crippen LogP contribution in [-0.4, -0.2) is 111 Å². The molecule has 0 amide bonds. The zero-order valence-electron chi connectivity index (χ0n) is 29.5. The zero-order chi connectivity index (χ0) is 36.2. The van der Waals surface area contributed by atoms with E-state index in [4.69, 9.17) is 31.0 Å². The molecule has 5 aromatic rings. The van der Waals surface area contributed by atoms with Crippen molar-refractivity contribution < 1.29 is 27.8 Å². The number of anilines is 1. The third kappa shape index (κ3) is 5.16. The third-order valence-corrected chi connectivity index (χ3v) is 12.4. The summed E-state index contributed by atoms with van der Waals surface area (Å²) >= 11 is 0. The number of ether oxygens (including phenoxy) is 2. The van der Waals surface area contributed by atoms with Gasteiger partial charge in [0.15, 0.2) is 5.82 Å². The van der Waals surface area contributed by atoms with Gasteiger partial charge in [0.25, 0.3) is 0 Å². The lowest BCUT2D eigenvalue weighted by molar-refractivity contribution is -0.0538. The number of hydrogen-bond donors (Lipinski definition) is 1. The average molecular weight is 724 g/mol. The van der Waals surface area contributed by atoms with Gasteiger partial charge in [-0.2, -0.15) is 15.1 Å². The quantitative estimate of drug-likeness (QED) is 0.217. The van der Waals surface area contributed by atoms with Crippen LogP contribution in [0.25, 0.3) is 43.7 Å². The van der Waals surface area contributed by atoms with Crippen LogP contribution in [-0.2, 0) is 11.8 Å². The molecule has 274 valence electrons. The molecule has 0 saturated carbocycles. The van der Waals surface area contributed by atoms with E-state index >= 15 is 8.78 Å². The molecule has 13 heteroatoms. The number of terminal acetylenes is 1. The van der Waals surface area contributed by atoms with E-state index in [0.717, 1.165) is 52.0 Å². The first-order chi connectivity index (χ1) is 25.7.